The highest BCUT2D eigenvalue weighted by atomic mass is 19.1. The molecule has 6 heteroatoms. The number of H-pyrrole nitrogens is 1. The fraction of sp³-hybridized carbons (Fsp3) is 0.500. The van der Waals surface area contributed by atoms with E-state index in [1.54, 1.807) is 6.20 Å². The van der Waals surface area contributed by atoms with Gasteiger partial charge in [-0.1, -0.05) is 33.9 Å². The largest absolute Gasteiger partial charge is 0.380 e. The number of hydrogen-bond donors (Lipinski definition) is 3. The van der Waals surface area contributed by atoms with Crippen LogP contribution >= 0.6 is 0 Å². The normalized spacial score (nSPS) is 8.91. The van der Waals surface area contributed by atoms with Gasteiger partial charge in [0.2, 0.25) is 0 Å². The molecule has 1 rings (SSSR count). The molecule has 126 valence electrons. The minimum absolute atomic E-state index is 0.215. The quantitative estimate of drug-likeness (QED) is 0.754. The Labute approximate surface area is 133 Å². The second kappa shape index (κ2) is 12.6. The van der Waals surface area contributed by atoms with Gasteiger partial charge < -0.3 is 10.6 Å². The van der Waals surface area contributed by atoms with Crippen LogP contribution in [-0.2, 0) is 0 Å². The molecule has 0 radical (unpaired) electrons. The molecule has 1 aromatic rings. The molecule has 1 heterocycles. The second-order valence-electron chi connectivity index (χ2n) is 4.55. The molecule has 0 aromatic carbocycles. The van der Waals surface area contributed by atoms with Crippen LogP contribution in [0.4, 0.5) is 10.1 Å². The number of carbonyl (C=O) groups excluding carboxylic acids is 1. The molecule has 1 aromatic heterocycles. The standard InChI is InChI=1S/C11H18N4O.C3H5F.C2H6/c1-5-8(4)14-11(16)10-9(6-12-15-10)13-7(2)3;1-3(2)4;1-2/h6-7,13H,4-5H2,1-3H3,(H,12,15)(H,14,16);1H2,2H3;1-2H3. The maximum Gasteiger partial charge on any atom is 0.275 e. The van der Waals surface area contributed by atoms with Crippen molar-refractivity contribution in [2.75, 3.05) is 5.32 Å². The van der Waals surface area contributed by atoms with Crippen LogP contribution in [0.5, 0.6) is 0 Å². The molecule has 0 aliphatic heterocycles. The molecule has 0 fully saturated rings. The van der Waals surface area contributed by atoms with Gasteiger partial charge in [-0.2, -0.15) is 5.10 Å². The number of aromatic amines is 1. The van der Waals surface area contributed by atoms with Crippen LogP contribution in [0, 0.1) is 0 Å². The molecule has 1 amide bonds. The number of anilines is 1. The van der Waals surface area contributed by atoms with E-state index in [1.165, 1.54) is 6.92 Å². The summed E-state index contributed by atoms with van der Waals surface area (Å²) in [6.45, 7) is 17.9. The van der Waals surface area contributed by atoms with Crippen molar-refractivity contribution in [1.82, 2.24) is 15.5 Å². The molecule has 0 saturated carbocycles. The maximum absolute atomic E-state index is 11.8. The number of allylic oxidation sites excluding steroid dienone is 2. The Kier molecular flexibility index (Phi) is 12.7. The summed E-state index contributed by atoms with van der Waals surface area (Å²) in [6, 6.07) is 0.249. The summed E-state index contributed by atoms with van der Waals surface area (Å²) in [4.78, 5) is 11.8. The Hall–Kier alpha value is -2.11. The fourth-order valence-electron chi connectivity index (χ4n) is 1.19. The van der Waals surface area contributed by atoms with Crippen molar-refractivity contribution in [2.45, 2.75) is 54.0 Å². The first kappa shape index (κ1) is 22.2. The van der Waals surface area contributed by atoms with E-state index in [4.69, 9.17) is 0 Å². The topological polar surface area (TPSA) is 69.8 Å². The van der Waals surface area contributed by atoms with E-state index in [0.29, 0.717) is 23.5 Å². The minimum atomic E-state index is -0.333. The molecular formula is C16H29FN4O. The SMILES string of the molecule is C=C(C)F.C=C(CC)NC(=O)c1[nH]ncc1NC(C)C.CC. The van der Waals surface area contributed by atoms with E-state index in [-0.39, 0.29) is 17.8 Å². The highest BCUT2D eigenvalue weighted by Gasteiger charge is 2.14. The van der Waals surface area contributed by atoms with E-state index in [2.05, 4.69) is 34.0 Å². The van der Waals surface area contributed by atoms with Crippen LogP contribution in [-0.4, -0.2) is 22.1 Å². The summed E-state index contributed by atoms with van der Waals surface area (Å²) >= 11 is 0. The molecule has 0 bridgehead atoms. The molecule has 0 spiro atoms. The number of carbonyl (C=O) groups is 1. The Balaban J connectivity index is 0. The first-order valence-corrected chi connectivity index (χ1v) is 7.37. The lowest BCUT2D eigenvalue weighted by molar-refractivity contribution is 0.0961. The Morgan fingerprint density at radius 2 is 1.91 bits per heavy atom. The van der Waals surface area contributed by atoms with Crippen molar-refractivity contribution < 1.29 is 9.18 Å². The van der Waals surface area contributed by atoms with Gasteiger partial charge in [0, 0.05) is 11.7 Å². The van der Waals surface area contributed by atoms with Gasteiger partial charge >= 0.3 is 0 Å². The van der Waals surface area contributed by atoms with Crippen LogP contribution in [0.2, 0.25) is 0 Å². The molecule has 3 N–H and O–H groups in total. The number of hydrogen-bond acceptors (Lipinski definition) is 3. The summed E-state index contributed by atoms with van der Waals surface area (Å²) in [7, 11) is 0. The molecule has 0 saturated heterocycles. The van der Waals surface area contributed by atoms with Gasteiger partial charge in [-0.25, -0.2) is 4.39 Å². The number of halogens is 1. The molecular weight excluding hydrogens is 283 g/mol. The van der Waals surface area contributed by atoms with Gasteiger partial charge in [-0.3, -0.25) is 9.89 Å². The van der Waals surface area contributed by atoms with Gasteiger partial charge in [0.1, 0.15) is 5.69 Å². The predicted octanol–water partition coefficient (Wildman–Crippen LogP) is 4.40. The van der Waals surface area contributed by atoms with Crippen LogP contribution in [0.1, 0.15) is 58.5 Å². The number of rotatable bonds is 5. The van der Waals surface area contributed by atoms with Gasteiger partial charge in [0.25, 0.3) is 5.91 Å². The first-order valence-electron chi connectivity index (χ1n) is 7.37. The highest BCUT2D eigenvalue weighted by Crippen LogP contribution is 2.13. The Morgan fingerprint density at radius 1 is 1.41 bits per heavy atom. The van der Waals surface area contributed by atoms with Crippen molar-refractivity contribution in [2.24, 2.45) is 0 Å². The lowest BCUT2D eigenvalue weighted by Crippen LogP contribution is -2.24. The van der Waals surface area contributed by atoms with Crippen LogP contribution < -0.4 is 10.6 Å². The van der Waals surface area contributed by atoms with E-state index in [1.807, 2.05) is 34.6 Å². The smallest absolute Gasteiger partial charge is 0.275 e. The lowest BCUT2D eigenvalue weighted by Gasteiger charge is -2.10. The molecule has 0 aliphatic carbocycles. The van der Waals surface area contributed by atoms with Gasteiger partial charge in [0.15, 0.2) is 0 Å². The number of amides is 1. The average Bonchev–Trinajstić information content (AvgIpc) is 2.87. The minimum Gasteiger partial charge on any atom is -0.380 e. The summed E-state index contributed by atoms with van der Waals surface area (Å²) in [6.07, 6.45) is 2.32. The third kappa shape index (κ3) is 10.7. The number of nitrogens with zero attached hydrogens (tertiary/aromatic N) is 1. The van der Waals surface area contributed by atoms with Crippen LogP contribution in [0.25, 0.3) is 0 Å². The van der Waals surface area contributed by atoms with Crippen molar-refractivity contribution in [3.8, 4) is 0 Å². The third-order valence-corrected chi connectivity index (χ3v) is 2.03. The molecule has 0 unspecified atom stereocenters. The first-order chi connectivity index (χ1) is 10.3. The third-order valence-electron chi connectivity index (χ3n) is 2.03. The Morgan fingerprint density at radius 3 is 2.32 bits per heavy atom. The zero-order chi connectivity index (χ0) is 17.7. The number of nitrogens with one attached hydrogen (secondary N) is 3. The van der Waals surface area contributed by atoms with Crippen molar-refractivity contribution in [3.63, 3.8) is 0 Å². The highest BCUT2D eigenvalue weighted by molar-refractivity contribution is 5.98. The zero-order valence-corrected chi connectivity index (χ0v) is 14.5. The monoisotopic (exact) mass is 312 g/mol. The molecule has 0 aliphatic rings. The van der Waals surface area contributed by atoms with E-state index >= 15 is 0 Å². The predicted molar refractivity (Wildman–Crippen MR) is 91.5 cm³/mol. The summed E-state index contributed by atoms with van der Waals surface area (Å²) in [5, 5.41) is 12.4. The van der Waals surface area contributed by atoms with Crippen molar-refractivity contribution in [3.05, 3.63) is 36.6 Å². The van der Waals surface area contributed by atoms with E-state index in [9.17, 15) is 9.18 Å². The summed E-state index contributed by atoms with van der Waals surface area (Å²) in [5.74, 6) is -0.549. The molecule has 5 nitrogen and oxygen atoms in total. The van der Waals surface area contributed by atoms with Gasteiger partial charge in [-0.05, 0) is 27.2 Å². The maximum atomic E-state index is 11.8. The zero-order valence-electron chi connectivity index (χ0n) is 14.5. The van der Waals surface area contributed by atoms with E-state index in [0.717, 1.165) is 0 Å². The lowest BCUT2D eigenvalue weighted by atomic mass is 10.3. The van der Waals surface area contributed by atoms with Gasteiger partial charge in [0.05, 0.1) is 17.7 Å². The van der Waals surface area contributed by atoms with Crippen molar-refractivity contribution in [1.29, 1.82) is 0 Å². The van der Waals surface area contributed by atoms with Crippen molar-refractivity contribution >= 4 is 11.6 Å². The molecule has 0 atom stereocenters. The number of aromatic nitrogens is 2. The molecule has 22 heavy (non-hydrogen) atoms. The van der Waals surface area contributed by atoms with Crippen LogP contribution in [0.15, 0.2) is 30.9 Å². The second-order valence-corrected chi connectivity index (χ2v) is 4.55. The fourth-order valence-corrected chi connectivity index (χ4v) is 1.19. The van der Waals surface area contributed by atoms with Gasteiger partial charge in [-0.15, -0.1) is 0 Å². The van der Waals surface area contributed by atoms with E-state index < -0.39 is 0 Å². The summed E-state index contributed by atoms with van der Waals surface area (Å²) < 4.78 is 10.8. The summed E-state index contributed by atoms with van der Waals surface area (Å²) in [5.41, 5.74) is 1.83. The average molecular weight is 312 g/mol. The Bertz CT molecular complexity index is 462. The van der Waals surface area contributed by atoms with Crippen LogP contribution in [0.3, 0.4) is 0 Å².